The second-order valence-corrected chi connectivity index (χ2v) is 13.6. The largest absolute Gasteiger partial charge is 0.352 e. The van der Waals surface area contributed by atoms with Crippen LogP contribution in [0, 0.1) is 6.92 Å². The van der Waals surface area contributed by atoms with Crippen molar-refractivity contribution in [2.75, 3.05) is 10.8 Å². The number of hydrogen-bond donors (Lipinski definition) is 1. The normalized spacial score (nSPS) is 12.6. The van der Waals surface area contributed by atoms with Gasteiger partial charge in [-0.25, -0.2) is 8.42 Å². The maximum absolute atomic E-state index is 14.5. The zero-order valence-electron chi connectivity index (χ0n) is 25.2. The molecular weight excluding hydrogens is 638 g/mol. The second kappa shape index (κ2) is 15.2. The van der Waals surface area contributed by atoms with Crippen molar-refractivity contribution in [2.45, 2.75) is 57.1 Å². The molecule has 0 aliphatic heterocycles. The Morgan fingerprint density at radius 2 is 1.48 bits per heavy atom. The van der Waals surface area contributed by atoms with Gasteiger partial charge < -0.3 is 10.2 Å². The number of anilines is 1. The Bertz CT molecular complexity index is 1650. The van der Waals surface area contributed by atoms with Crippen molar-refractivity contribution < 1.29 is 18.0 Å². The predicted octanol–water partition coefficient (Wildman–Crippen LogP) is 6.51. The molecule has 0 heterocycles. The highest BCUT2D eigenvalue weighted by atomic mass is 79.9. The van der Waals surface area contributed by atoms with Crippen LogP contribution in [-0.2, 0) is 32.6 Å². The Labute approximate surface area is 269 Å². The number of benzene rings is 4. The Hall–Kier alpha value is -3.95. The van der Waals surface area contributed by atoms with E-state index in [1.807, 2.05) is 75.4 Å². The van der Waals surface area contributed by atoms with Crippen LogP contribution >= 0.6 is 15.9 Å². The fourth-order valence-corrected chi connectivity index (χ4v) is 6.58. The van der Waals surface area contributed by atoms with Gasteiger partial charge in [0.05, 0.1) is 10.6 Å². The molecule has 0 unspecified atom stereocenters. The Morgan fingerprint density at radius 1 is 0.841 bits per heavy atom. The highest BCUT2D eigenvalue weighted by Crippen LogP contribution is 2.27. The summed E-state index contributed by atoms with van der Waals surface area (Å²) in [6, 6.07) is 31.2. The molecule has 0 spiro atoms. The maximum Gasteiger partial charge on any atom is 0.264 e. The monoisotopic (exact) mass is 675 g/mol. The van der Waals surface area contributed by atoms with Crippen LogP contribution in [0.4, 0.5) is 5.69 Å². The van der Waals surface area contributed by atoms with Crippen molar-refractivity contribution in [3.05, 3.63) is 130 Å². The van der Waals surface area contributed by atoms with Crippen molar-refractivity contribution in [3.8, 4) is 0 Å². The number of aryl methyl sites for hydroxylation is 1. The quantitative estimate of drug-likeness (QED) is 0.175. The molecule has 44 heavy (non-hydrogen) atoms. The van der Waals surface area contributed by atoms with Gasteiger partial charge in [0.15, 0.2) is 0 Å². The van der Waals surface area contributed by atoms with Crippen molar-refractivity contribution >= 4 is 43.5 Å². The van der Waals surface area contributed by atoms with Crippen molar-refractivity contribution in [3.63, 3.8) is 0 Å². The van der Waals surface area contributed by atoms with Crippen LogP contribution in [0.2, 0.25) is 0 Å². The third kappa shape index (κ3) is 8.57. The molecule has 4 aromatic rings. The number of carbonyl (C=O) groups excluding carboxylic acids is 2. The maximum atomic E-state index is 14.5. The summed E-state index contributed by atoms with van der Waals surface area (Å²) in [7, 11) is -4.14. The fourth-order valence-electron chi connectivity index (χ4n) is 4.76. The number of hydrogen-bond acceptors (Lipinski definition) is 4. The Balaban J connectivity index is 1.80. The average molecular weight is 677 g/mol. The first-order valence-electron chi connectivity index (χ1n) is 14.6. The van der Waals surface area contributed by atoms with Crippen LogP contribution < -0.4 is 9.62 Å². The van der Waals surface area contributed by atoms with Gasteiger partial charge in [0.25, 0.3) is 10.0 Å². The summed E-state index contributed by atoms with van der Waals surface area (Å²) in [5, 5.41) is 3.06. The molecule has 1 N–H and O–H groups in total. The standard InChI is InChI=1S/C35H38BrN3O4S/c1-4-27(3)37-35(41)33(22-28-12-7-5-8-13-28)38(24-29-20-18-26(2)19-21-29)34(40)25-39(31-15-11-14-30(36)23-31)44(42,43)32-16-9-6-10-17-32/h5-21,23,27,33H,4,22,24-25H2,1-3H3,(H,37,41)/t27-,33+/m1/s1. The number of rotatable bonds is 13. The zero-order chi connectivity index (χ0) is 31.7. The minimum Gasteiger partial charge on any atom is -0.352 e. The first kappa shape index (κ1) is 33.0. The Morgan fingerprint density at radius 3 is 2.09 bits per heavy atom. The van der Waals surface area contributed by atoms with Crippen LogP contribution in [0.1, 0.15) is 37.0 Å². The van der Waals surface area contributed by atoms with E-state index in [0.29, 0.717) is 10.2 Å². The van der Waals surface area contributed by atoms with E-state index < -0.39 is 28.5 Å². The summed E-state index contributed by atoms with van der Waals surface area (Å²) in [6.07, 6.45) is 0.991. The molecule has 4 aromatic carbocycles. The van der Waals surface area contributed by atoms with Gasteiger partial charge in [-0.3, -0.25) is 13.9 Å². The molecule has 2 atom stereocenters. The SMILES string of the molecule is CC[C@@H](C)NC(=O)[C@H](Cc1ccccc1)N(Cc1ccc(C)cc1)C(=O)CN(c1cccc(Br)c1)S(=O)(=O)c1ccccc1. The summed E-state index contributed by atoms with van der Waals surface area (Å²) >= 11 is 3.44. The molecule has 9 heteroatoms. The summed E-state index contributed by atoms with van der Waals surface area (Å²) < 4.78 is 29.9. The average Bonchev–Trinajstić information content (AvgIpc) is 3.03. The molecule has 7 nitrogen and oxygen atoms in total. The fraction of sp³-hybridized carbons (Fsp3) is 0.257. The number of carbonyl (C=O) groups is 2. The molecule has 2 amide bonds. The van der Waals surface area contributed by atoms with E-state index in [2.05, 4.69) is 21.2 Å². The third-order valence-electron chi connectivity index (χ3n) is 7.45. The van der Waals surface area contributed by atoms with Crippen molar-refractivity contribution in [1.29, 1.82) is 0 Å². The van der Waals surface area contributed by atoms with Crippen molar-refractivity contribution in [2.24, 2.45) is 0 Å². The molecule has 0 fully saturated rings. The van der Waals surface area contributed by atoms with Gasteiger partial charge in [-0.15, -0.1) is 0 Å². The van der Waals surface area contributed by atoms with E-state index in [0.717, 1.165) is 27.4 Å². The molecule has 0 aliphatic carbocycles. The first-order chi connectivity index (χ1) is 21.1. The summed E-state index contributed by atoms with van der Waals surface area (Å²) in [6.45, 7) is 5.51. The molecule has 0 aliphatic rings. The van der Waals surface area contributed by atoms with Gasteiger partial charge in [-0.05, 0) is 61.7 Å². The molecule has 0 saturated heterocycles. The molecule has 230 valence electrons. The predicted molar refractivity (Wildman–Crippen MR) is 179 cm³/mol. The van der Waals surface area contributed by atoms with E-state index in [4.69, 9.17) is 0 Å². The molecule has 0 aromatic heterocycles. The third-order valence-corrected chi connectivity index (χ3v) is 9.73. The number of nitrogens with one attached hydrogen (secondary N) is 1. The molecule has 0 saturated carbocycles. The van der Waals surface area contributed by atoms with Gasteiger partial charge in [-0.1, -0.05) is 107 Å². The summed E-state index contributed by atoms with van der Waals surface area (Å²) in [5.74, 6) is -0.783. The van der Waals surface area contributed by atoms with E-state index >= 15 is 0 Å². The summed E-state index contributed by atoms with van der Waals surface area (Å²) in [5.41, 5.74) is 3.12. The smallest absolute Gasteiger partial charge is 0.264 e. The molecule has 0 bridgehead atoms. The number of halogens is 1. The molecule has 0 radical (unpaired) electrons. The zero-order valence-corrected chi connectivity index (χ0v) is 27.6. The van der Waals surface area contributed by atoms with Crippen LogP contribution in [-0.4, -0.2) is 43.8 Å². The topological polar surface area (TPSA) is 86.8 Å². The van der Waals surface area contributed by atoms with Crippen molar-refractivity contribution in [1.82, 2.24) is 10.2 Å². The van der Waals surface area contributed by atoms with Gasteiger partial charge in [0.1, 0.15) is 12.6 Å². The van der Waals surface area contributed by atoms with Gasteiger partial charge in [0, 0.05) is 23.5 Å². The van der Waals surface area contributed by atoms with E-state index in [9.17, 15) is 18.0 Å². The minimum atomic E-state index is -4.14. The van der Waals surface area contributed by atoms with Gasteiger partial charge in [0.2, 0.25) is 11.8 Å². The van der Waals surface area contributed by atoms with E-state index in [-0.39, 0.29) is 29.8 Å². The second-order valence-electron chi connectivity index (χ2n) is 10.8. The van der Waals surface area contributed by atoms with Crippen LogP contribution in [0.25, 0.3) is 0 Å². The lowest BCUT2D eigenvalue weighted by molar-refractivity contribution is -0.140. The van der Waals surface area contributed by atoms with Gasteiger partial charge in [-0.2, -0.15) is 0 Å². The van der Waals surface area contributed by atoms with E-state index in [1.54, 1.807) is 42.5 Å². The number of nitrogens with zero attached hydrogens (tertiary/aromatic N) is 2. The highest BCUT2D eigenvalue weighted by Gasteiger charge is 2.35. The van der Waals surface area contributed by atoms with Crippen LogP contribution in [0.5, 0.6) is 0 Å². The molecular formula is C35H38BrN3O4S. The lowest BCUT2D eigenvalue weighted by atomic mass is 10.0. The lowest BCUT2D eigenvalue weighted by Gasteiger charge is -2.34. The van der Waals surface area contributed by atoms with Crippen LogP contribution in [0.3, 0.4) is 0 Å². The van der Waals surface area contributed by atoms with Gasteiger partial charge >= 0.3 is 0 Å². The highest BCUT2D eigenvalue weighted by molar-refractivity contribution is 9.10. The number of amides is 2. The first-order valence-corrected chi connectivity index (χ1v) is 16.8. The van der Waals surface area contributed by atoms with E-state index in [1.165, 1.54) is 17.0 Å². The Kier molecular flexibility index (Phi) is 11.4. The molecule has 4 rings (SSSR count). The lowest BCUT2D eigenvalue weighted by Crippen LogP contribution is -2.54. The van der Waals surface area contributed by atoms with Crippen LogP contribution in [0.15, 0.2) is 119 Å². The minimum absolute atomic E-state index is 0.0632. The number of sulfonamides is 1. The summed E-state index contributed by atoms with van der Waals surface area (Å²) in [4.78, 5) is 29.9.